The summed E-state index contributed by atoms with van der Waals surface area (Å²) in [7, 11) is 3.96. The van der Waals surface area contributed by atoms with Crippen LogP contribution in [0.25, 0.3) is 10.8 Å². The highest BCUT2D eigenvalue weighted by atomic mass is 16.1. The molecule has 0 saturated heterocycles. The molecule has 0 bridgehead atoms. The van der Waals surface area contributed by atoms with E-state index in [1.807, 2.05) is 49.3 Å². The third kappa shape index (κ3) is 1.60. The van der Waals surface area contributed by atoms with Crippen LogP contribution < -0.4 is 10.6 Å². The standard InChI is InChI=1S/C13H14N2O/c1-15(2)12-8-7-11(13(14)16)9-5-3-4-6-10(9)12/h3-8H,1-2H3,(H2,14,16). The Hall–Kier alpha value is -2.03. The minimum atomic E-state index is -0.387. The van der Waals surface area contributed by atoms with Gasteiger partial charge in [0, 0.05) is 30.7 Å². The first kappa shape index (κ1) is 10.5. The highest BCUT2D eigenvalue weighted by Crippen LogP contribution is 2.27. The highest BCUT2D eigenvalue weighted by molar-refractivity contribution is 6.09. The molecular weight excluding hydrogens is 200 g/mol. The average Bonchev–Trinajstić information content (AvgIpc) is 2.27. The van der Waals surface area contributed by atoms with Gasteiger partial charge in [-0.25, -0.2) is 0 Å². The second-order valence-electron chi connectivity index (χ2n) is 3.94. The Morgan fingerprint density at radius 3 is 2.25 bits per heavy atom. The van der Waals surface area contributed by atoms with E-state index in [2.05, 4.69) is 0 Å². The van der Waals surface area contributed by atoms with Crippen LogP contribution in [0.3, 0.4) is 0 Å². The number of carbonyl (C=O) groups is 1. The molecule has 0 fully saturated rings. The fourth-order valence-corrected chi connectivity index (χ4v) is 1.89. The SMILES string of the molecule is CN(C)c1ccc(C(N)=O)c2ccccc12. The van der Waals surface area contributed by atoms with Crippen molar-refractivity contribution in [2.24, 2.45) is 5.73 Å². The Kier molecular flexibility index (Phi) is 2.52. The topological polar surface area (TPSA) is 46.3 Å². The molecule has 2 N–H and O–H groups in total. The fourth-order valence-electron chi connectivity index (χ4n) is 1.89. The van der Waals surface area contributed by atoms with Crippen molar-refractivity contribution >= 4 is 22.4 Å². The van der Waals surface area contributed by atoms with Gasteiger partial charge in [0.05, 0.1) is 0 Å². The summed E-state index contributed by atoms with van der Waals surface area (Å²) in [6, 6.07) is 11.5. The second-order valence-corrected chi connectivity index (χ2v) is 3.94. The zero-order chi connectivity index (χ0) is 11.7. The zero-order valence-electron chi connectivity index (χ0n) is 9.40. The molecule has 82 valence electrons. The Balaban J connectivity index is 2.82. The summed E-state index contributed by atoms with van der Waals surface area (Å²) < 4.78 is 0. The summed E-state index contributed by atoms with van der Waals surface area (Å²) >= 11 is 0. The lowest BCUT2D eigenvalue weighted by Gasteiger charge is -2.16. The number of nitrogens with two attached hydrogens (primary N) is 1. The minimum absolute atomic E-state index is 0.387. The first-order valence-corrected chi connectivity index (χ1v) is 5.10. The molecule has 0 atom stereocenters. The molecule has 0 heterocycles. The van der Waals surface area contributed by atoms with Gasteiger partial charge in [-0.15, -0.1) is 0 Å². The van der Waals surface area contributed by atoms with Crippen molar-refractivity contribution in [3.8, 4) is 0 Å². The van der Waals surface area contributed by atoms with E-state index < -0.39 is 0 Å². The fraction of sp³-hybridized carbons (Fsp3) is 0.154. The van der Waals surface area contributed by atoms with Crippen LogP contribution in [0.5, 0.6) is 0 Å². The first-order chi connectivity index (χ1) is 7.61. The maximum Gasteiger partial charge on any atom is 0.249 e. The molecule has 0 unspecified atom stereocenters. The largest absolute Gasteiger partial charge is 0.377 e. The van der Waals surface area contributed by atoms with Gasteiger partial charge in [-0.2, -0.15) is 0 Å². The predicted molar refractivity (Wildman–Crippen MR) is 66.8 cm³/mol. The van der Waals surface area contributed by atoms with Gasteiger partial charge >= 0.3 is 0 Å². The molecule has 2 rings (SSSR count). The van der Waals surface area contributed by atoms with Crippen LogP contribution in [0, 0.1) is 0 Å². The van der Waals surface area contributed by atoms with Crippen molar-refractivity contribution in [2.75, 3.05) is 19.0 Å². The average molecular weight is 214 g/mol. The number of fused-ring (bicyclic) bond motifs is 1. The number of hydrogen-bond acceptors (Lipinski definition) is 2. The molecule has 2 aromatic carbocycles. The van der Waals surface area contributed by atoms with Crippen molar-refractivity contribution in [1.82, 2.24) is 0 Å². The predicted octanol–water partition coefficient (Wildman–Crippen LogP) is 2.00. The van der Waals surface area contributed by atoms with E-state index in [0.29, 0.717) is 5.56 Å². The van der Waals surface area contributed by atoms with E-state index in [-0.39, 0.29) is 5.91 Å². The van der Waals surface area contributed by atoms with Gasteiger partial charge in [-0.1, -0.05) is 24.3 Å². The molecular formula is C13H14N2O. The molecule has 1 amide bonds. The molecule has 0 radical (unpaired) electrons. The molecule has 0 aromatic heterocycles. The van der Waals surface area contributed by atoms with Gasteiger partial charge in [0.15, 0.2) is 0 Å². The molecule has 0 aliphatic rings. The molecule has 0 spiro atoms. The summed E-state index contributed by atoms with van der Waals surface area (Å²) in [5.74, 6) is -0.387. The maximum atomic E-state index is 11.3. The number of hydrogen-bond donors (Lipinski definition) is 1. The van der Waals surface area contributed by atoms with Crippen molar-refractivity contribution in [3.05, 3.63) is 42.0 Å². The lowest BCUT2D eigenvalue weighted by atomic mass is 10.0. The quantitative estimate of drug-likeness (QED) is 0.831. The van der Waals surface area contributed by atoms with Crippen molar-refractivity contribution < 1.29 is 4.79 Å². The van der Waals surface area contributed by atoms with Crippen LogP contribution >= 0.6 is 0 Å². The van der Waals surface area contributed by atoms with Crippen molar-refractivity contribution in [1.29, 1.82) is 0 Å². The minimum Gasteiger partial charge on any atom is -0.377 e. The molecule has 0 aliphatic carbocycles. The third-order valence-corrected chi connectivity index (χ3v) is 2.65. The molecule has 2 aromatic rings. The van der Waals surface area contributed by atoms with Crippen molar-refractivity contribution in [2.45, 2.75) is 0 Å². The number of rotatable bonds is 2. The highest BCUT2D eigenvalue weighted by Gasteiger charge is 2.09. The molecule has 16 heavy (non-hydrogen) atoms. The summed E-state index contributed by atoms with van der Waals surface area (Å²) in [5.41, 5.74) is 7.01. The van der Waals surface area contributed by atoms with E-state index >= 15 is 0 Å². The summed E-state index contributed by atoms with van der Waals surface area (Å²) in [5, 5.41) is 1.95. The lowest BCUT2D eigenvalue weighted by Crippen LogP contribution is -2.13. The van der Waals surface area contributed by atoms with E-state index in [1.54, 1.807) is 6.07 Å². The van der Waals surface area contributed by atoms with Gasteiger partial charge in [0.2, 0.25) is 5.91 Å². The van der Waals surface area contributed by atoms with E-state index in [9.17, 15) is 4.79 Å². The first-order valence-electron chi connectivity index (χ1n) is 5.10. The number of amides is 1. The van der Waals surface area contributed by atoms with Crippen LogP contribution in [0.2, 0.25) is 0 Å². The van der Waals surface area contributed by atoms with Crippen molar-refractivity contribution in [3.63, 3.8) is 0 Å². The third-order valence-electron chi connectivity index (χ3n) is 2.65. The molecule has 0 saturated carbocycles. The van der Waals surface area contributed by atoms with Gasteiger partial charge < -0.3 is 10.6 Å². The van der Waals surface area contributed by atoms with Gasteiger partial charge in [-0.05, 0) is 17.5 Å². The summed E-state index contributed by atoms with van der Waals surface area (Å²) in [6.07, 6.45) is 0. The van der Waals surface area contributed by atoms with Crippen LogP contribution in [0.15, 0.2) is 36.4 Å². The smallest absolute Gasteiger partial charge is 0.249 e. The Labute approximate surface area is 94.5 Å². The number of anilines is 1. The lowest BCUT2D eigenvalue weighted by molar-refractivity contribution is 0.100. The number of benzene rings is 2. The Morgan fingerprint density at radius 1 is 1.06 bits per heavy atom. The van der Waals surface area contributed by atoms with Crippen LogP contribution in [-0.4, -0.2) is 20.0 Å². The Morgan fingerprint density at radius 2 is 1.69 bits per heavy atom. The van der Waals surface area contributed by atoms with Gasteiger partial charge in [0.1, 0.15) is 0 Å². The summed E-state index contributed by atoms with van der Waals surface area (Å²) in [6.45, 7) is 0. The molecule has 3 heteroatoms. The van der Waals surface area contributed by atoms with Crippen LogP contribution in [0.1, 0.15) is 10.4 Å². The van der Waals surface area contributed by atoms with E-state index in [4.69, 9.17) is 5.73 Å². The van der Waals surface area contributed by atoms with E-state index in [0.717, 1.165) is 16.5 Å². The molecule has 0 aliphatic heterocycles. The normalized spacial score (nSPS) is 10.4. The monoisotopic (exact) mass is 214 g/mol. The molecule has 3 nitrogen and oxygen atoms in total. The summed E-state index contributed by atoms with van der Waals surface area (Å²) in [4.78, 5) is 13.3. The number of primary amides is 1. The maximum absolute atomic E-state index is 11.3. The van der Waals surface area contributed by atoms with E-state index in [1.165, 1.54) is 0 Å². The van der Waals surface area contributed by atoms with Crippen LogP contribution in [-0.2, 0) is 0 Å². The van der Waals surface area contributed by atoms with Crippen LogP contribution in [0.4, 0.5) is 5.69 Å². The van der Waals surface area contributed by atoms with Gasteiger partial charge in [0.25, 0.3) is 0 Å². The second kappa shape index (κ2) is 3.85. The zero-order valence-corrected chi connectivity index (χ0v) is 9.40. The van der Waals surface area contributed by atoms with Gasteiger partial charge in [-0.3, -0.25) is 4.79 Å². The number of nitrogens with zero attached hydrogens (tertiary/aromatic N) is 1. The number of carbonyl (C=O) groups excluding carboxylic acids is 1. The Bertz CT molecular complexity index is 547.